The molecular weight excluding hydrogens is 528 g/mol. The van der Waals surface area contributed by atoms with E-state index in [4.69, 9.17) is 24.5 Å². The summed E-state index contributed by atoms with van der Waals surface area (Å²) in [5.41, 5.74) is 1.03. The van der Waals surface area contributed by atoms with E-state index < -0.39 is 24.3 Å². The summed E-state index contributed by atoms with van der Waals surface area (Å²) in [6, 6.07) is 4.70. The SMILES string of the molecule is O=C(C[C@H]1OC[C@H]2CN(C3CCC3)CC[C@H]21)NCc1cccnc1.O=C(O)C(F)(F)F.O=C(O)C(F)(F)F. The summed E-state index contributed by atoms with van der Waals surface area (Å²) in [4.78, 5) is 36.8. The molecule has 3 aliphatic rings. The molecule has 0 aromatic carbocycles. The Balaban J connectivity index is 0.000000301. The number of pyridine rings is 1. The maximum atomic E-state index is 12.3. The lowest BCUT2D eigenvalue weighted by Gasteiger charge is -2.43. The van der Waals surface area contributed by atoms with Crippen LogP contribution >= 0.6 is 0 Å². The van der Waals surface area contributed by atoms with Crippen LogP contribution in [0.3, 0.4) is 0 Å². The molecule has 1 saturated carbocycles. The number of halogens is 6. The van der Waals surface area contributed by atoms with Crippen LogP contribution in [0.2, 0.25) is 0 Å². The third-order valence-corrected chi connectivity index (χ3v) is 6.50. The Kier molecular flexibility index (Phi) is 11.3. The van der Waals surface area contributed by atoms with Gasteiger partial charge in [0.05, 0.1) is 19.1 Å². The molecule has 2 saturated heterocycles. The maximum Gasteiger partial charge on any atom is 0.490 e. The molecule has 0 bridgehead atoms. The van der Waals surface area contributed by atoms with Gasteiger partial charge >= 0.3 is 24.3 Å². The highest BCUT2D eigenvalue weighted by Crippen LogP contribution is 2.38. The summed E-state index contributed by atoms with van der Waals surface area (Å²) in [6.07, 6.45) is -0.714. The molecule has 1 aliphatic carbocycles. The van der Waals surface area contributed by atoms with Crippen molar-refractivity contribution in [2.24, 2.45) is 11.8 Å². The fourth-order valence-corrected chi connectivity index (χ4v) is 4.37. The molecule has 0 spiro atoms. The van der Waals surface area contributed by atoms with Crippen LogP contribution in [0.5, 0.6) is 0 Å². The van der Waals surface area contributed by atoms with Gasteiger partial charge in [-0.1, -0.05) is 12.5 Å². The number of carbonyl (C=O) groups excluding carboxylic acids is 1. The Labute approximate surface area is 214 Å². The zero-order chi connectivity index (χ0) is 28.5. The van der Waals surface area contributed by atoms with Crippen LogP contribution in [0.4, 0.5) is 26.3 Å². The van der Waals surface area contributed by atoms with Crippen LogP contribution < -0.4 is 5.32 Å². The van der Waals surface area contributed by atoms with E-state index in [1.807, 2.05) is 12.1 Å². The third-order valence-electron chi connectivity index (χ3n) is 6.50. The number of piperidine rings is 1. The number of aromatic nitrogens is 1. The molecule has 9 nitrogen and oxygen atoms in total. The number of carboxylic acid groups (broad SMARTS) is 2. The van der Waals surface area contributed by atoms with E-state index in [1.165, 1.54) is 38.8 Å². The van der Waals surface area contributed by atoms with Crippen LogP contribution in [-0.4, -0.2) is 82.1 Å². The van der Waals surface area contributed by atoms with Crippen LogP contribution in [0.25, 0.3) is 0 Å². The van der Waals surface area contributed by atoms with Crippen molar-refractivity contribution in [2.45, 2.75) is 63.1 Å². The smallest absolute Gasteiger partial charge is 0.475 e. The second-order valence-electron chi connectivity index (χ2n) is 9.11. The number of alkyl halides is 6. The lowest BCUT2D eigenvalue weighted by atomic mass is 9.80. The van der Waals surface area contributed by atoms with Crippen molar-refractivity contribution in [3.8, 4) is 0 Å². The van der Waals surface area contributed by atoms with E-state index >= 15 is 0 Å². The van der Waals surface area contributed by atoms with E-state index in [2.05, 4.69) is 15.2 Å². The maximum absolute atomic E-state index is 12.3. The molecule has 15 heteroatoms. The summed E-state index contributed by atoms with van der Waals surface area (Å²) in [5, 5.41) is 17.2. The molecule has 4 rings (SSSR count). The number of nitrogens with one attached hydrogen (secondary N) is 1. The standard InChI is InChI=1S/C19H27N3O2.2C2HF3O2/c23-19(21-11-14-3-2-7-20-10-14)9-18-17-6-8-22(16-4-1-5-16)12-15(17)13-24-18;2*3-2(4,5)1(6)7/h2-3,7,10,15-18H,1,4-6,8-9,11-13H2,(H,21,23);2*(H,6,7)/t15-,17-,18-;;/m1../s1. The number of aliphatic carboxylic acids is 2. The zero-order valence-electron chi connectivity index (χ0n) is 20.2. The van der Waals surface area contributed by atoms with Gasteiger partial charge in [-0.2, -0.15) is 26.3 Å². The lowest BCUT2D eigenvalue weighted by Crippen LogP contribution is -2.49. The number of nitrogens with zero attached hydrogens (tertiary/aromatic N) is 2. The molecule has 3 fully saturated rings. The Morgan fingerprint density at radius 1 is 1.05 bits per heavy atom. The Bertz CT molecular complexity index is 902. The number of ether oxygens (including phenoxy) is 1. The molecule has 214 valence electrons. The van der Waals surface area contributed by atoms with Gasteiger partial charge in [0.15, 0.2) is 0 Å². The molecular formula is C23H29F6N3O6. The largest absolute Gasteiger partial charge is 0.490 e. The molecule has 1 aromatic rings. The number of rotatable bonds is 5. The van der Waals surface area contributed by atoms with Crippen molar-refractivity contribution in [3.63, 3.8) is 0 Å². The fourth-order valence-electron chi connectivity index (χ4n) is 4.37. The molecule has 3 atom stereocenters. The number of hydrogen-bond acceptors (Lipinski definition) is 6. The second kappa shape index (κ2) is 13.7. The average Bonchev–Trinajstić information content (AvgIpc) is 3.19. The minimum Gasteiger partial charge on any atom is -0.475 e. The Hall–Kier alpha value is -2.94. The van der Waals surface area contributed by atoms with Crippen molar-refractivity contribution < 1.29 is 55.7 Å². The summed E-state index contributed by atoms with van der Waals surface area (Å²) >= 11 is 0. The van der Waals surface area contributed by atoms with Crippen molar-refractivity contribution in [3.05, 3.63) is 30.1 Å². The first-order valence-corrected chi connectivity index (χ1v) is 11.8. The normalized spacial score (nSPS) is 23.5. The minimum atomic E-state index is -5.08. The van der Waals surface area contributed by atoms with E-state index in [0.717, 1.165) is 18.2 Å². The molecule has 38 heavy (non-hydrogen) atoms. The van der Waals surface area contributed by atoms with Gasteiger partial charge in [0, 0.05) is 37.4 Å². The topological polar surface area (TPSA) is 129 Å². The monoisotopic (exact) mass is 557 g/mol. The van der Waals surface area contributed by atoms with Gasteiger partial charge in [0.2, 0.25) is 5.91 Å². The van der Waals surface area contributed by atoms with Gasteiger partial charge in [-0.25, -0.2) is 9.59 Å². The zero-order valence-corrected chi connectivity index (χ0v) is 20.2. The van der Waals surface area contributed by atoms with Gasteiger partial charge in [0.25, 0.3) is 0 Å². The molecule has 0 radical (unpaired) electrons. The molecule has 2 aliphatic heterocycles. The number of hydrogen-bond donors (Lipinski definition) is 3. The number of fused-ring (bicyclic) bond motifs is 1. The fraction of sp³-hybridized carbons (Fsp3) is 0.652. The van der Waals surface area contributed by atoms with Crippen molar-refractivity contribution in [1.29, 1.82) is 0 Å². The van der Waals surface area contributed by atoms with Crippen molar-refractivity contribution in [1.82, 2.24) is 15.2 Å². The van der Waals surface area contributed by atoms with E-state index in [0.29, 0.717) is 24.8 Å². The highest BCUT2D eigenvalue weighted by molar-refractivity contribution is 5.76. The lowest BCUT2D eigenvalue weighted by molar-refractivity contribution is -0.193. The predicted molar refractivity (Wildman–Crippen MR) is 119 cm³/mol. The Morgan fingerprint density at radius 3 is 2.13 bits per heavy atom. The van der Waals surface area contributed by atoms with Gasteiger partial charge in [-0.3, -0.25) is 9.78 Å². The van der Waals surface area contributed by atoms with Gasteiger partial charge in [0.1, 0.15) is 0 Å². The second-order valence-corrected chi connectivity index (χ2v) is 9.11. The van der Waals surface area contributed by atoms with Crippen molar-refractivity contribution >= 4 is 17.8 Å². The molecule has 1 aromatic heterocycles. The summed E-state index contributed by atoms with van der Waals surface area (Å²) in [6.45, 7) is 3.73. The third kappa shape index (κ3) is 10.1. The first kappa shape index (κ1) is 31.3. The molecule has 1 amide bonds. The van der Waals surface area contributed by atoms with Crippen LogP contribution in [0.15, 0.2) is 24.5 Å². The van der Waals surface area contributed by atoms with Crippen LogP contribution in [0, 0.1) is 11.8 Å². The van der Waals surface area contributed by atoms with Gasteiger partial charge < -0.3 is 25.2 Å². The summed E-state index contributed by atoms with van der Waals surface area (Å²) < 4.78 is 69.5. The molecule has 3 heterocycles. The van der Waals surface area contributed by atoms with E-state index in [-0.39, 0.29) is 12.0 Å². The van der Waals surface area contributed by atoms with Crippen LogP contribution in [0.1, 0.15) is 37.7 Å². The van der Waals surface area contributed by atoms with Crippen molar-refractivity contribution in [2.75, 3.05) is 19.7 Å². The van der Waals surface area contributed by atoms with Gasteiger partial charge in [-0.05, 0) is 43.4 Å². The first-order valence-electron chi connectivity index (χ1n) is 11.8. The predicted octanol–water partition coefficient (Wildman–Crippen LogP) is 3.24. The summed E-state index contributed by atoms with van der Waals surface area (Å²) in [7, 11) is 0. The quantitative estimate of drug-likeness (QED) is 0.471. The minimum absolute atomic E-state index is 0.0888. The number of carboxylic acids is 2. The average molecular weight is 557 g/mol. The van der Waals surface area contributed by atoms with Gasteiger partial charge in [-0.15, -0.1) is 0 Å². The first-order chi connectivity index (χ1) is 17.7. The summed E-state index contributed by atoms with van der Waals surface area (Å²) in [5.74, 6) is -4.24. The highest BCUT2D eigenvalue weighted by Gasteiger charge is 2.43. The van der Waals surface area contributed by atoms with E-state index in [1.54, 1.807) is 12.4 Å². The number of amides is 1. The molecule has 3 N–H and O–H groups in total. The highest BCUT2D eigenvalue weighted by atomic mass is 19.4. The Morgan fingerprint density at radius 2 is 1.66 bits per heavy atom. The molecule has 0 unspecified atom stereocenters. The number of carbonyl (C=O) groups is 3. The number of likely N-dealkylation sites (tertiary alicyclic amines) is 1. The van der Waals surface area contributed by atoms with Crippen LogP contribution in [-0.2, 0) is 25.7 Å². The van der Waals surface area contributed by atoms with E-state index in [9.17, 15) is 31.1 Å².